The predicted octanol–water partition coefficient (Wildman–Crippen LogP) is 1.52. The van der Waals surface area contributed by atoms with Crippen molar-refractivity contribution in [3.63, 3.8) is 0 Å². The molecule has 1 aromatic carbocycles. The van der Waals surface area contributed by atoms with Crippen molar-refractivity contribution in [3.8, 4) is 0 Å². The highest BCUT2D eigenvalue weighted by atomic mass is 79.9. The number of hydrazone groups is 1. The highest BCUT2D eigenvalue weighted by Gasteiger charge is 2.58. The van der Waals surface area contributed by atoms with Gasteiger partial charge in [0.25, 0.3) is 5.91 Å². The third kappa shape index (κ3) is 3.51. The molecule has 0 saturated carbocycles. The van der Waals surface area contributed by atoms with Crippen molar-refractivity contribution in [1.29, 1.82) is 0 Å². The van der Waals surface area contributed by atoms with Crippen molar-refractivity contribution < 1.29 is 23.9 Å². The average molecular weight is 436 g/mol. The molecule has 0 unspecified atom stereocenters. The SMILES string of the molecule is CCOC(=O)C1=NN(CCC(C)=O)[C@H]2C(=O)N(c3ccc(Br)cc3)C(=O)[C@@H]12. The Balaban J connectivity index is 1.96. The van der Waals surface area contributed by atoms with E-state index < -0.39 is 29.7 Å². The number of hydrogen-bond acceptors (Lipinski definition) is 7. The van der Waals surface area contributed by atoms with Crippen molar-refractivity contribution in [2.45, 2.75) is 26.3 Å². The summed E-state index contributed by atoms with van der Waals surface area (Å²) in [5, 5.41) is 5.51. The average Bonchev–Trinajstić information content (AvgIpc) is 3.12. The molecule has 2 aliphatic heterocycles. The quantitative estimate of drug-likeness (QED) is 0.496. The van der Waals surface area contributed by atoms with E-state index in [0.717, 1.165) is 9.37 Å². The lowest BCUT2D eigenvalue weighted by Gasteiger charge is -2.21. The maximum atomic E-state index is 13.0. The van der Waals surface area contributed by atoms with Crippen molar-refractivity contribution in [2.75, 3.05) is 18.1 Å². The number of Topliss-reactive ketones (excluding diaryl/α,β-unsaturated/α-hetero) is 1. The Labute approximate surface area is 164 Å². The summed E-state index contributed by atoms with van der Waals surface area (Å²) < 4.78 is 5.80. The number of halogens is 1. The second-order valence-electron chi connectivity index (χ2n) is 6.23. The summed E-state index contributed by atoms with van der Waals surface area (Å²) in [7, 11) is 0. The molecular weight excluding hydrogens is 418 g/mol. The number of carbonyl (C=O) groups excluding carboxylic acids is 4. The first-order valence-electron chi connectivity index (χ1n) is 8.50. The van der Waals surface area contributed by atoms with Crippen LogP contribution in [0.15, 0.2) is 33.8 Å². The van der Waals surface area contributed by atoms with Crippen LogP contribution in [0.25, 0.3) is 0 Å². The van der Waals surface area contributed by atoms with Gasteiger partial charge in [0, 0.05) is 17.4 Å². The first kappa shape index (κ1) is 19.2. The smallest absolute Gasteiger partial charge is 0.355 e. The molecule has 27 heavy (non-hydrogen) atoms. The largest absolute Gasteiger partial charge is 0.461 e. The normalized spacial score (nSPS) is 21.4. The number of benzene rings is 1. The van der Waals surface area contributed by atoms with Crippen molar-refractivity contribution in [2.24, 2.45) is 11.0 Å². The number of rotatable bonds is 6. The Bertz CT molecular complexity index is 836. The van der Waals surface area contributed by atoms with Crippen LogP contribution in [0.5, 0.6) is 0 Å². The molecule has 1 saturated heterocycles. The van der Waals surface area contributed by atoms with Crippen molar-refractivity contribution in [1.82, 2.24) is 5.01 Å². The number of anilines is 1. The van der Waals surface area contributed by atoms with E-state index in [1.54, 1.807) is 31.2 Å². The number of ether oxygens (including phenoxy) is 1. The number of hydrogen-bond donors (Lipinski definition) is 0. The zero-order chi connectivity index (χ0) is 19.7. The molecule has 2 amide bonds. The molecule has 0 N–H and O–H groups in total. The van der Waals surface area contributed by atoms with Gasteiger partial charge < -0.3 is 4.74 Å². The van der Waals surface area contributed by atoms with Crippen LogP contribution in [0.2, 0.25) is 0 Å². The Hall–Kier alpha value is -2.55. The molecule has 1 aromatic rings. The molecule has 8 nitrogen and oxygen atoms in total. The van der Waals surface area contributed by atoms with Gasteiger partial charge in [-0.15, -0.1) is 0 Å². The number of esters is 1. The molecule has 3 rings (SSSR count). The molecule has 2 heterocycles. The molecule has 9 heteroatoms. The van der Waals surface area contributed by atoms with Crippen LogP contribution in [-0.4, -0.2) is 53.5 Å². The van der Waals surface area contributed by atoms with Gasteiger partial charge in [0.05, 0.1) is 12.3 Å². The van der Waals surface area contributed by atoms with Crippen LogP contribution >= 0.6 is 15.9 Å². The van der Waals surface area contributed by atoms with Gasteiger partial charge in [0.1, 0.15) is 17.7 Å². The number of ketones is 1. The number of fused-ring (bicyclic) bond motifs is 1. The van der Waals surface area contributed by atoms with E-state index in [0.29, 0.717) is 5.69 Å². The molecule has 142 valence electrons. The van der Waals surface area contributed by atoms with E-state index in [4.69, 9.17) is 4.74 Å². The van der Waals surface area contributed by atoms with Gasteiger partial charge in [0.2, 0.25) is 5.91 Å². The van der Waals surface area contributed by atoms with Gasteiger partial charge >= 0.3 is 5.97 Å². The summed E-state index contributed by atoms with van der Waals surface area (Å²) in [6.45, 7) is 3.35. The molecule has 0 radical (unpaired) electrons. The maximum Gasteiger partial charge on any atom is 0.355 e. The lowest BCUT2D eigenvalue weighted by molar-refractivity contribution is -0.136. The van der Waals surface area contributed by atoms with Gasteiger partial charge in [-0.2, -0.15) is 5.10 Å². The van der Waals surface area contributed by atoms with Crippen LogP contribution in [0.4, 0.5) is 5.69 Å². The van der Waals surface area contributed by atoms with Crippen LogP contribution in [0, 0.1) is 5.92 Å². The minimum Gasteiger partial charge on any atom is -0.461 e. The standard InChI is InChI=1S/C18H18BrN3O5/c1-3-27-18(26)14-13-15(21(20-14)9-8-10(2)23)17(25)22(16(13)24)12-6-4-11(19)5-7-12/h4-7,13,15H,3,8-9H2,1-2H3/t13-,15+/m0/s1. The summed E-state index contributed by atoms with van der Waals surface area (Å²) in [6.07, 6.45) is 0.155. The molecule has 0 aliphatic carbocycles. The van der Waals surface area contributed by atoms with Crippen LogP contribution in [0.3, 0.4) is 0 Å². The van der Waals surface area contributed by atoms with Gasteiger partial charge in [-0.1, -0.05) is 15.9 Å². The zero-order valence-corrected chi connectivity index (χ0v) is 16.4. The van der Waals surface area contributed by atoms with Crippen molar-refractivity contribution >= 4 is 50.9 Å². The minimum absolute atomic E-state index is 0.0760. The first-order chi connectivity index (χ1) is 12.8. The fraction of sp³-hybridized carbons (Fsp3) is 0.389. The Morgan fingerprint density at radius 3 is 2.44 bits per heavy atom. The molecular formula is C18H18BrN3O5. The van der Waals surface area contributed by atoms with Crippen molar-refractivity contribution in [3.05, 3.63) is 28.7 Å². The Morgan fingerprint density at radius 2 is 1.85 bits per heavy atom. The van der Waals surface area contributed by atoms with Crippen LogP contribution in [0.1, 0.15) is 20.3 Å². The second kappa shape index (κ2) is 7.59. The third-order valence-electron chi connectivity index (χ3n) is 4.39. The van der Waals surface area contributed by atoms with E-state index in [1.807, 2.05) is 0 Å². The van der Waals surface area contributed by atoms with Gasteiger partial charge in [-0.3, -0.25) is 19.4 Å². The summed E-state index contributed by atoms with van der Waals surface area (Å²) in [4.78, 5) is 50.7. The monoisotopic (exact) mass is 435 g/mol. The van der Waals surface area contributed by atoms with Gasteiger partial charge in [-0.25, -0.2) is 9.69 Å². The summed E-state index contributed by atoms with van der Waals surface area (Å²) in [6, 6.07) is 5.78. The summed E-state index contributed by atoms with van der Waals surface area (Å²) in [5.74, 6) is -2.83. The Kier molecular flexibility index (Phi) is 5.41. The van der Waals surface area contributed by atoms with E-state index >= 15 is 0 Å². The van der Waals surface area contributed by atoms with Crippen LogP contribution < -0.4 is 4.90 Å². The number of amides is 2. The number of imide groups is 1. The third-order valence-corrected chi connectivity index (χ3v) is 4.92. The molecule has 2 aliphatic rings. The zero-order valence-electron chi connectivity index (χ0n) is 14.8. The highest BCUT2D eigenvalue weighted by Crippen LogP contribution is 2.35. The van der Waals surface area contributed by atoms with E-state index in [1.165, 1.54) is 11.9 Å². The molecule has 2 atom stereocenters. The predicted molar refractivity (Wildman–Crippen MR) is 100.0 cm³/mol. The summed E-state index contributed by atoms with van der Waals surface area (Å²) in [5.41, 5.74) is 0.320. The van der Waals surface area contributed by atoms with E-state index in [9.17, 15) is 19.2 Å². The topological polar surface area (TPSA) is 96.3 Å². The first-order valence-corrected chi connectivity index (χ1v) is 9.29. The fourth-order valence-corrected chi connectivity index (χ4v) is 3.43. The van der Waals surface area contributed by atoms with E-state index in [-0.39, 0.29) is 31.1 Å². The van der Waals surface area contributed by atoms with Crippen LogP contribution in [-0.2, 0) is 23.9 Å². The molecule has 0 bridgehead atoms. The fourth-order valence-electron chi connectivity index (χ4n) is 3.16. The highest BCUT2D eigenvalue weighted by molar-refractivity contribution is 9.10. The second-order valence-corrected chi connectivity index (χ2v) is 7.15. The molecule has 0 spiro atoms. The van der Waals surface area contributed by atoms with E-state index in [2.05, 4.69) is 21.0 Å². The molecule has 0 aromatic heterocycles. The lowest BCUT2D eigenvalue weighted by atomic mass is 9.98. The van der Waals surface area contributed by atoms with Gasteiger partial charge in [-0.05, 0) is 38.1 Å². The maximum absolute atomic E-state index is 13.0. The van der Waals surface area contributed by atoms with Gasteiger partial charge in [0.15, 0.2) is 5.71 Å². The molecule has 1 fully saturated rings. The number of nitrogens with zero attached hydrogens (tertiary/aromatic N) is 3. The number of carbonyl (C=O) groups is 4. The minimum atomic E-state index is -1.04. The summed E-state index contributed by atoms with van der Waals surface area (Å²) >= 11 is 3.31. The Morgan fingerprint density at radius 1 is 1.19 bits per heavy atom. The lowest BCUT2D eigenvalue weighted by Crippen LogP contribution is -2.39.